The number of rotatable bonds is 1. The van der Waals surface area contributed by atoms with Gasteiger partial charge in [-0.25, -0.2) is 4.98 Å². The van der Waals surface area contributed by atoms with Crippen LogP contribution in [0.5, 0.6) is 0 Å². The van der Waals surface area contributed by atoms with E-state index in [0.29, 0.717) is 22.9 Å². The molecule has 0 saturated heterocycles. The van der Waals surface area contributed by atoms with Gasteiger partial charge < -0.3 is 0 Å². The Morgan fingerprint density at radius 1 is 0.792 bits per heavy atom. The summed E-state index contributed by atoms with van der Waals surface area (Å²) in [4.78, 5) is 10.5. The molecule has 0 amide bonds. The molecule has 0 radical (unpaired) electrons. The Morgan fingerprint density at radius 3 is 1.96 bits per heavy atom. The van der Waals surface area contributed by atoms with Crippen LogP contribution in [0, 0.1) is 0 Å². The van der Waals surface area contributed by atoms with Crippen LogP contribution in [0.1, 0.15) is 11.4 Å². The highest BCUT2D eigenvalue weighted by molar-refractivity contribution is 5.93. The summed E-state index contributed by atoms with van der Waals surface area (Å²) in [6, 6.07) is 4.25. The molecule has 3 rings (SSSR count). The van der Waals surface area contributed by atoms with E-state index in [0.717, 1.165) is 0 Å². The molecule has 0 aromatic carbocycles. The summed E-state index contributed by atoms with van der Waals surface area (Å²) >= 11 is 0. The number of hydrogen-bond acceptors (Lipinski definition) is 3. The summed E-state index contributed by atoms with van der Waals surface area (Å²) in [5.41, 5.74) is -3.62. The monoisotopic (exact) mass is 343 g/mol. The van der Waals surface area contributed by atoms with Gasteiger partial charge in [-0.3, -0.25) is 9.97 Å². The number of hydrogen-bond donors (Lipinski definition) is 0. The van der Waals surface area contributed by atoms with Crippen LogP contribution in [0.3, 0.4) is 0 Å². The van der Waals surface area contributed by atoms with Crippen molar-refractivity contribution in [2.45, 2.75) is 12.4 Å². The van der Waals surface area contributed by atoms with E-state index in [-0.39, 0.29) is 11.3 Å². The number of halogens is 6. The SMILES string of the molecule is FC(F)(F)c1cc(-c2nccc3ccncc23)cc(C(F)(F)F)n1. The molecule has 0 bridgehead atoms. The minimum atomic E-state index is -5.02. The first-order valence-corrected chi connectivity index (χ1v) is 6.52. The molecule has 0 saturated carbocycles. The maximum absolute atomic E-state index is 12.9. The fourth-order valence-electron chi connectivity index (χ4n) is 2.20. The summed E-state index contributed by atoms with van der Waals surface area (Å²) in [6.07, 6.45) is -5.93. The summed E-state index contributed by atoms with van der Waals surface area (Å²) in [5, 5.41) is 0.932. The van der Waals surface area contributed by atoms with Gasteiger partial charge in [-0.2, -0.15) is 26.3 Å². The minimum absolute atomic E-state index is 0.0287. The highest BCUT2D eigenvalue weighted by Gasteiger charge is 2.39. The minimum Gasteiger partial charge on any atom is -0.264 e. The van der Waals surface area contributed by atoms with Crippen molar-refractivity contribution < 1.29 is 26.3 Å². The predicted molar refractivity (Wildman–Crippen MR) is 72.8 cm³/mol. The van der Waals surface area contributed by atoms with Crippen LogP contribution < -0.4 is 0 Å². The van der Waals surface area contributed by atoms with Crippen molar-refractivity contribution >= 4 is 10.8 Å². The third kappa shape index (κ3) is 3.01. The normalized spacial score (nSPS) is 12.6. The summed E-state index contributed by atoms with van der Waals surface area (Å²) < 4.78 is 77.4. The van der Waals surface area contributed by atoms with Gasteiger partial charge in [0.1, 0.15) is 11.4 Å². The van der Waals surface area contributed by atoms with Crippen LogP contribution in [0.15, 0.2) is 42.9 Å². The Kier molecular flexibility index (Phi) is 3.66. The van der Waals surface area contributed by atoms with E-state index in [1.165, 1.54) is 18.6 Å². The van der Waals surface area contributed by atoms with Crippen molar-refractivity contribution in [3.05, 3.63) is 54.2 Å². The topological polar surface area (TPSA) is 38.7 Å². The van der Waals surface area contributed by atoms with Gasteiger partial charge in [0.05, 0.1) is 5.69 Å². The molecule has 3 nitrogen and oxygen atoms in total. The summed E-state index contributed by atoms with van der Waals surface area (Å²) in [5.74, 6) is 0. The molecule has 3 heterocycles. The smallest absolute Gasteiger partial charge is 0.264 e. The van der Waals surface area contributed by atoms with Gasteiger partial charge in [0.15, 0.2) is 0 Å². The average Bonchev–Trinajstić information content (AvgIpc) is 2.52. The van der Waals surface area contributed by atoms with Crippen LogP contribution in [-0.4, -0.2) is 15.0 Å². The van der Waals surface area contributed by atoms with E-state index in [1.807, 2.05) is 0 Å². The highest BCUT2D eigenvalue weighted by Crippen LogP contribution is 2.37. The molecule has 3 aromatic rings. The summed E-state index contributed by atoms with van der Waals surface area (Å²) in [6.45, 7) is 0. The zero-order valence-electron chi connectivity index (χ0n) is 11.7. The Labute approximate surface area is 131 Å². The van der Waals surface area contributed by atoms with Crippen LogP contribution in [0.4, 0.5) is 26.3 Å². The lowest BCUT2D eigenvalue weighted by molar-refractivity contribution is -0.150. The van der Waals surface area contributed by atoms with Crippen LogP contribution in [-0.2, 0) is 12.4 Å². The molecule has 0 aliphatic rings. The lowest BCUT2D eigenvalue weighted by Gasteiger charge is -2.13. The largest absolute Gasteiger partial charge is 0.433 e. The molecule has 0 aliphatic heterocycles. The molecule has 0 spiro atoms. The van der Waals surface area contributed by atoms with Gasteiger partial charge in [-0.1, -0.05) is 0 Å². The molecular weight excluding hydrogens is 336 g/mol. The quantitative estimate of drug-likeness (QED) is 0.600. The van der Waals surface area contributed by atoms with E-state index >= 15 is 0 Å². The zero-order valence-corrected chi connectivity index (χ0v) is 11.7. The van der Waals surface area contributed by atoms with Gasteiger partial charge >= 0.3 is 12.4 Å². The van der Waals surface area contributed by atoms with E-state index in [4.69, 9.17) is 0 Å². The summed E-state index contributed by atoms with van der Waals surface area (Å²) in [7, 11) is 0. The molecule has 0 fully saturated rings. The first-order valence-electron chi connectivity index (χ1n) is 6.52. The zero-order chi connectivity index (χ0) is 17.5. The number of nitrogens with zero attached hydrogens (tertiary/aromatic N) is 3. The molecule has 124 valence electrons. The average molecular weight is 343 g/mol. The lowest BCUT2D eigenvalue weighted by Crippen LogP contribution is -2.15. The Balaban J connectivity index is 2.30. The number of pyridine rings is 3. The Morgan fingerprint density at radius 2 is 1.38 bits per heavy atom. The van der Waals surface area contributed by atoms with Crippen LogP contribution in [0.2, 0.25) is 0 Å². The van der Waals surface area contributed by atoms with E-state index in [2.05, 4.69) is 15.0 Å². The fraction of sp³-hybridized carbons (Fsp3) is 0.133. The Hall–Kier alpha value is -2.71. The Bertz CT molecular complexity index is 864. The van der Waals surface area contributed by atoms with E-state index in [1.54, 1.807) is 12.1 Å². The third-order valence-electron chi connectivity index (χ3n) is 3.25. The van der Waals surface area contributed by atoms with Crippen molar-refractivity contribution in [3.63, 3.8) is 0 Å². The first-order chi connectivity index (χ1) is 11.2. The van der Waals surface area contributed by atoms with Gasteiger partial charge in [0.25, 0.3) is 0 Å². The number of aromatic nitrogens is 3. The second-order valence-corrected chi connectivity index (χ2v) is 4.88. The predicted octanol–water partition coefficient (Wildman–Crippen LogP) is 4.73. The van der Waals surface area contributed by atoms with Gasteiger partial charge in [-0.15, -0.1) is 0 Å². The molecule has 0 atom stereocenters. The molecule has 24 heavy (non-hydrogen) atoms. The van der Waals surface area contributed by atoms with Gasteiger partial charge in [-0.05, 0) is 29.7 Å². The van der Waals surface area contributed by atoms with Gasteiger partial charge in [0, 0.05) is 29.5 Å². The second-order valence-electron chi connectivity index (χ2n) is 4.88. The first kappa shape index (κ1) is 16.2. The van der Waals surface area contributed by atoms with Crippen molar-refractivity contribution in [2.75, 3.05) is 0 Å². The highest BCUT2D eigenvalue weighted by atomic mass is 19.4. The van der Waals surface area contributed by atoms with Crippen molar-refractivity contribution in [3.8, 4) is 11.3 Å². The maximum atomic E-state index is 12.9. The fourth-order valence-corrected chi connectivity index (χ4v) is 2.20. The van der Waals surface area contributed by atoms with Crippen LogP contribution >= 0.6 is 0 Å². The van der Waals surface area contributed by atoms with E-state index < -0.39 is 23.7 Å². The molecule has 0 aliphatic carbocycles. The molecule has 0 N–H and O–H groups in total. The van der Waals surface area contributed by atoms with Crippen molar-refractivity contribution in [2.24, 2.45) is 0 Å². The second kappa shape index (κ2) is 5.43. The third-order valence-corrected chi connectivity index (χ3v) is 3.25. The molecular formula is C15H7F6N3. The lowest BCUT2D eigenvalue weighted by atomic mass is 10.0. The number of fused-ring (bicyclic) bond motifs is 1. The standard InChI is InChI=1S/C15H7F6N3/c16-14(17,18)11-5-9(6-12(24-11)15(19,20)21)13-10-7-22-3-1-8(10)2-4-23-13/h1-7H. The van der Waals surface area contributed by atoms with Crippen molar-refractivity contribution in [1.82, 2.24) is 15.0 Å². The van der Waals surface area contributed by atoms with E-state index in [9.17, 15) is 26.3 Å². The molecule has 3 aromatic heterocycles. The van der Waals surface area contributed by atoms with Gasteiger partial charge in [0.2, 0.25) is 0 Å². The maximum Gasteiger partial charge on any atom is 0.433 e. The van der Waals surface area contributed by atoms with Crippen molar-refractivity contribution in [1.29, 1.82) is 0 Å². The number of alkyl halides is 6. The molecule has 9 heteroatoms. The molecule has 0 unspecified atom stereocenters. The van der Waals surface area contributed by atoms with Crippen LogP contribution in [0.25, 0.3) is 22.0 Å².